The van der Waals surface area contributed by atoms with E-state index < -0.39 is 0 Å². The van der Waals surface area contributed by atoms with Crippen LogP contribution in [-0.4, -0.2) is 22.9 Å². The number of amides is 1. The lowest BCUT2D eigenvalue weighted by atomic mass is 10.2. The van der Waals surface area contributed by atoms with Crippen LogP contribution in [0.2, 0.25) is 0 Å². The number of rotatable bonds is 3. The van der Waals surface area contributed by atoms with Gasteiger partial charge in [0, 0.05) is 23.7 Å². The van der Waals surface area contributed by atoms with Crippen molar-refractivity contribution in [3.63, 3.8) is 0 Å². The van der Waals surface area contributed by atoms with Gasteiger partial charge in [-0.25, -0.2) is 9.97 Å². The molecule has 2 aromatic rings. The number of nitrogens with zero attached hydrogens (tertiary/aromatic N) is 2. The molecular weight excluding hydrogens is 260 g/mol. The van der Waals surface area contributed by atoms with Crippen LogP contribution in [0.5, 0.6) is 0 Å². The molecule has 0 spiro atoms. The molecule has 0 bridgehead atoms. The molecule has 3 rings (SSSR count). The first kappa shape index (κ1) is 12.1. The molecule has 0 saturated heterocycles. The average molecular weight is 274 g/mol. The summed E-state index contributed by atoms with van der Waals surface area (Å²) in [7, 11) is 1.77. The van der Waals surface area contributed by atoms with E-state index >= 15 is 0 Å². The van der Waals surface area contributed by atoms with Crippen molar-refractivity contribution in [2.45, 2.75) is 19.3 Å². The predicted octanol–water partition coefficient (Wildman–Crippen LogP) is 2.32. The second-order valence-corrected chi connectivity index (χ2v) is 5.46. The van der Waals surface area contributed by atoms with Gasteiger partial charge in [0.05, 0.1) is 5.69 Å². The minimum absolute atomic E-state index is 0.147. The fraction of sp³-hybridized carbons (Fsp3) is 0.308. The van der Waals surface area contributed by atoms with Crippen molar-refractivity contribution < 1.29 is 4.79 Å². The number of anilines is 2. The Labute approximate surface area is 115 Å². The Kier molecular flexibility index (Phi) is 3.16. The molecule has 19 heavy (non-hydrogen) atoms. The maximum absolute atomic E-state index is 12.1. The molecule has 5 nitrogen and oxygen atoms in total. The SMILES string of the molecule is CNc1cc(C(=O)Nc2nc3c(s2)CCC3)ccn1. The number of carbonyl (C=O) groups excluding carboxylic acids is 1. The summed E-state index contributed by atoms with van der Waals surface area (Å²) in [5, 5.41) is 6.46. The monoisotopic (exact) mass is 274 g/mol. The lowest BCUT2D eigenvalue weighted by molar-refractivity contribution is 0.102. The van der Waals surface area contributed by atoms with E-state index in [0.717, 1.165) is 18.5 Å². The number of hydrogen-bond donors (Lipinski definition) is 2. The molecule has 0 aliphatic heterocycles. The van der Waals surface area contributed by atoms with Crippen LogP contribution in [0.25, 0.3) is 0 Å². The summed E-state index contributed by atoms with van der Waals surface area (Å²) < 4.78 is 0. The highest BCUT2D eigenvalue weighted by Crippen LogP contribution is 2.30. The minimum Gasteiger partial charge on any atom is -0.373 e. The Morgan fingerprint density at radius 3 is 3.11 bits per heavy atom. The Morgan fingerprint density at radius 2 is 2.32 bits per heavy atom. The first-order chi connectivity index (χ1) is 9.26. The number of fused-ring (bicyclic) bond motifs is 1. The van der Waals surface area contributed by atoms with E-state index in [2.05, 4.69) is 20.6 Å². The maximum atomic E-state index is 12.1. The molecule has 0 aromatic carbocycles. The largest absolute Gasteiger partial charge is 0.373 e. The number of pyridine rings is 1. The van der Waals surface area contributed by atoms with Crippen LogP contribution in [0.1, 0.15) is 27.3 Å². The molecule has 1 aliphatic rings. The first-order valence-corrected chi connectivity index (χ1v) is 7.01. The second-order valence-electron chi connectivity index (χ2n) is 4.38. The quantitative estimate of drug-likeness (QED) is 0.901. The van der Waals surface area contributed by atoms with Crippen molar-refractivity contribution in [1.82, 2.24) is 9.97 Å². The van der Waals surface area contributed by atoms with E-state index in [9.17, 15) is 4.79 Å². The summed E-state index contributed by atoms with van der Waals surface area (Å²) in [6.07, 6.45) is 4.91. The van der Waals surface area contributed by atoms with Gasteiger partial charge in [-0.1, -0.05) is 0 Å². The van der Waals surface area contributed by atoms with Crippen LogP contribution in [0, 0.1) is 0 Å². The van der Waals surface area contributed by atoms with E-state index in [-0.39, 0.29) is 5.91 Å². The summed E-state index contributed by atoms with van der Waals surface area (Å²) in [6, 6.07) is 3.41. The Balaban J connectivity index is 1.76. The van der Waals surface area contributed by atoms with Crippen LogP contribution in [-0.2, 0) is 12.8 Å². The van der Waals surface area contributed by atoms with Crippen molar-refractivity contribution in [3.8, 4) is 0 Å². The first-order valence-electron chi connectivity index (χ1n) is 6.20. The summed E-state index contributed by atoms with van der Waals surface area (Å²) >= 11 is 1.58. The summed E-state index contributed by atoms with van der Waals surface area (Å²) in [5.41, 5.74) is 1.72. The van der Waals surface area contributed by atoms with Crippen molar-refractivity contribution in [3.05, 3.63) is 34.5 Å². The Bertz CT molecular complexity index is 601. The van der Waals surface area contributed by atoms with Gasteiger partial charge in [0.2, 0.25) is 0 Å². The molecule has 0 atom stereocenters. The molecule has 0 fully saturated rings. The smallest absolute Gasteiger partial charge is 0.257 e. The van der Waals surface area contributed by atoms with Crippen molar-refractivity contribution in [1.29, 1.82) is 0 Å². The van der Waals surface area contributed by atoms with Crippen molar-refractivity contribution >= 4 is 28.2 Å². The minimum atomic E-state index is -0.147. The highest BCUT2D eigenvalue weighted by Gasteiger charge is 2.18. The zero-order chi connectivity index (χ0) is 13.2. The van der Waals surface area contributed by atoms with Gasteiger partial charge in [0.15, 0.2) is 5.13 Å². The summed E-state index contributed by atoms with van der Waals surface area (Å²) in [5.74, 6) is 0.528. The van der Waals surface area contributed by atoms with Gasteiger partial charge in [-0.2, -0.15) is 0 Å². The third kappa shape index (κ3) is 2.44. The molecule has 98 valence electrons. The molecule has 0 saturated carbocycles. The fourth-order valence-corrected chi connectivity index (χ4v) is 3.17. The van der Waals surface area contributed by atoms with Crippen LogP contribution >= 0.6 is 11.3 Å². The molecule has 0 radical (unpaired) electrons. The summed E-state index contributed by atoms with van der Waals surface area (Å²) in [6.45, 7) is 0. The number of aromatic nitrogens is 2. The summed E-state index contributed by atoms with van der Waals surface area (Å²) in [4.78, 5) is 22.0. The zero-order valence-electron chi connectivity index (χ0n) is 10.6. The predicted molar refractivity (Wildman–Crippen MR) is 75.9 cm³/mol. The number of hydrogen-bond acceptors (Lipinski definition) is 5. The standard InChI is InChI=1S/C13H14N4OS/c1-14-11-7-8(5-6-15-11)12(18)17-13-16-9-3-2-4-10(9)19-13/h5-7H,2-4H2,1H3,(H,14,15)(H,16,17,18). The maximum Gasteiger partial charge on any atom is 0.257 e. The van der Waals surface area contributed by atoms with Crippen LogP contribution in [0.15, 0.2) is 18.3 Å². The zero-order valence-corrected chi connectivity index (χ0v) is 11.4. The molecular formula is C13H14N4OS. The number of carbonyl (C=O) groups is 1. The number of aryl methyl sites for hydroxylation is 2. The highest BCUT2D eigenvalue weighted by atomic mass is 32.1. The molecule has 1 aliphatic carbocycles. The van der Waals surface area contributed by atoms with E-state index in [1.807, 2.05) is 0 Å². The van der Waals surface area contributed by atoms with Crippen molar-refractivity contribution in [2.75, 3.05) is 17.7 Å². The van der Waals surface area contributed by atoms with E-state index in [0.29, 0.717) is 16.5 Å². The van der Waals surface area contributed by atoms with Gasteiger partial charge in [0.1, 0.15) is 5.82 Å². The topological polar surface area (TPSA) is 66.9 Å². The number of thiazole rings is 1. The van der Waals surface area contributed by atoms with Crippen molar-refractivity contribution in [2.24, 2.45) is 0 Å². The van der Waals surface area contributed by atoms with Gasteiger partial charge >= 0.3 is 0 Å². The van der Waals surface area contributed by atoms with Crippen LogP contribution < -0.4 is 10.6 Å². The van der Waals surface area contributed by atoms with Gasteiger partial charge in [0.25, 0.3) is 5.91 Å². The molecule has 2 N–H and O–H groups in total. The van der Waals surface area contributed by atoms with Crippen LogP contribution in [0.4, 0.5) is 10.9 Å². The average Bonchev–Trinajstić information content (AvgIpc) is 2.99. The molecule has 2 heterocycles. The lowest BCUT2D eigenvalue weighted by Crippen LogP contribution is -2.12. The van der Waals surface area contributed by atoms with Gasteiger partial charge < -0.3 is 5.32 Å². The van der Waals surface area contributed by atoms with E-state index in [4.69, 9.17) is 0 Å². The normalized spacial score (nSPS) is 13.1. The molecule has 0 unspecified atom stereocenters. The third-order valence-corrected chi connectivity index (χ3v) is 4.17. The Hall–Kier alpha value is -1.95. The van der Waals surface area contributed by atoms with E-state index in [1.165, 1.54) is 11.3 Å². The van der Waals surface area contributed by atoms with Gasteiger partial charge in [-0.05, 0) is 31.4 Å². The lowest BCUT2D eigenvalue weighted by Gasteiger charge is -2.03. The third-order valence-electron chi connectivity index (χ3n) is 3.09. The van der Waals surface area contributed by atoms with Gasteiger partial charge in [-0.3, -0.25) is 10.1 Å². The number of nitrogens with one attached hydrogen (secondary N) is 2. The molecule has 1 amide bonds. The van der Waals surface area contributed by atoms with Gasteiger partial charge in [-0.15, -0.1) is 11.3 Å². The van der Waals surface area contributed by atoms with Crippen LogP contribution in [0.3, 0.4) is 0 Å². The highest BCUT2D eigenvalue weighted by molar-refractivity contribution is 7.15. The van der Waals surface area contributed by atoms with E-state index in [1.54, 1.807) is 36.7 Å². The Morgan fingerprint density at radius 1 is 1.42 bits per heavy atom. The molecule has 2 aromatic heterocycles. The molecule has 6 heteroatoms. The second kappa shape index (κ2) is 4.97. The fourth-order valence-electron chi connectivity index (χ4n) is 2.12.